The summed E-state index contributed by atoms with van der Waals surface area (Å²) >= 11 is 0. The number of hydrogen-bond donors (Lipinski definition) is 2. The zero-order chi connectivity index (χ0) is 16.5. The van der Waals surface area contributed by atoms with Gasteiger partial charge in [0, 0.05) is 12.6 Å². The average Bonchev–Trinajstić information content (AvgIpc) is 2.61. The molecule has 0 saturated carbocycles. The summed E-state index contributed by atoms with van der Waals surface area (Å²) in [5, 5.41) is 5.14. The molecule has 0 aliphatic heterocycles. The van der Waals surface area contributed by atoms with Crippen LogP contribution in [-0.2, 0) is 4.79 Å². The number of amides is 2. The molecule has 4 nitrogen and oxygen atoms in total. The molecule has 23 heavy (non-hydrogen) atoms. The minimum absolute atomic E-state index is 0.188. The third-order valence-electron chi connectivity index (χ3n) is 3.11. The molecule has 0 aromatic heterocycles. The Morgan fingerprint density at radius 3 is 2.13 bits per heavy atom. The van der Waals surface area contributed by atoms with E-state index in [2.05, 4.69) is 10.6 Å². The molecule has 4 heteroatoms. The second-order valence-electron chi connectivity index (χ2n) is 4.75. The zero-order valence-electron chi connectivity index (χ0n) is 12.8. The van der Waals surface area contributed by atoms with Gasteiger partial charge in [-0.3, -0.25) is 9.59 Å². The third-order valence-corrected chi connectivity index (χ3v) is 3.11. The van der Waals surface area contributed by atoms with Crippen molar-refractivity contribution >= 4 is 17.9 Å². The van der Waals surface area contributed by atoms with E-state index in [-0.39, 0.29) is 17.5 Å². The molecule has 0 bridgehead atoms. The van der Waals surface area contributed by atoms with Gasteiger partial charge in [-0.25, -0.2) is 0 Å². The Balaban J connectivity index is 2.14. The van der Waals surface area contributed by atoms with Crippen molar-refractivity contribution in [2.75, 3.05) is 7.05 Å². The van der Waals surface area contributed by atoms with E-state index in [1.807, 2.05) is 42.5 Å². The number of hydrogen-bond acceptors (Lipinski definition) is 2. The van der Waals surface area contributed by atoms with Gasteiger partial charge in [-0.2, -0.15) is 0 Å². The number of rotatable bonds is 5. The van der Waals surface area contributed by atoms with Gasteiger partial charge in [0.25, 0.3) is 11.8 Å². The van der Waals surface area contributed by atoms with Gasteiger partial charge >= 0.3 is 0 Å². The Kier molecular flexibility index (Phi) is 5.89. The molecule has 2 aromatic rings. The molecular formula is C19H18N2O2. The predicted molar refractivity (Wildman–Crippen MR) is 91.5 cm³/mol. The maximum atomic E-state index is 12.2. The van der Waals surface area contributed by atoms with E-state index in [0.29, 0.717) is 5.56 Å². The number of nitrogens with one attached hydrogen (secondary N) is 2. The summed E-state index contributed by atoms with van der Waals surface area (Å²) in [5.74, 6) is -0.680. The van der Waals surface area contributed by atoms with Crippen molar-refractivity contribution in [2.24, 2.45) is 0 Å². The van der Waals surface area contributed by atoms with E-state index in [1.54, 1.807) is 36.4 Å². The molecular weight excluding hydrogens is 288 g/mol. The molecule has 0 aliphatic carbocycles. The first-order chi connectivity index (χ1) is 11.2. The Bertz CT molecular complexity index is 720. The van der Waals surface area contributed by atoms with Crippen LogP contribution >= 0.6 is 0 Å². The van der Waals surface area contributed by atoms with Crippen LogP contribution in [0.4, 0.5) is 0 Å². The lowest BCUT2D eigenvalue weighted by Crippen LogP contribution is -2.33. The number of allylic oxidation sites excluding steroid dienone is 2. The fourth-order valence-electron chi connectivity index (χ4n) is 1.91. The molecule has 0 aliphatic rings. The molecule has 0 saturated heterocycles. The van der Waals surface area contributed by atoms with E-state index in [1.165, 1.54) is 7.05 Å². The number of carbonyl (C=O) groups is 2. The smallest absolute Gasteiger partial charge is 0.267 e. The lowest BCUT2D eigenvalue weighted by atomic mass is 10.2. The second-order valence-corrected chi connectivity index (χ2v) is 4.75. The summed E-state index contributed by atoms with van der Waals surface area (Å²) in [6.07, 6.45) is 5.16. The molecule has 0 heterocycles. The molecule has 2 rings (SSSR count). The van der Waals surface area contributed by atoms with Gasteiger partial charge in [0.2, 0.25) is 0 Å². The average molecular weight is 306 g/mol. The van der Waals surface area contributed by atoms with Crippen LogP contribution in [0.5, 0.6) is 0 Å². The molecule has 2 aromatic carbocycles. The highest BCUT2D eigenvalue weighted by molar-refractivity contribution is 6.02. The number of likely N-dealkylation sites (N-methyl/N-ethyl adjacent to an activating group) is 1. The number of benzene rings is 2. The van der Waals surface area contributed by atoms with E-state index < -0.39 is 0 Å². The maximum Gasteiger partial charge on any atom is 0.267 e. The molecule has 0 unspecified atom stereocenters. The Morgan fingerprint density at radius 2 is 1.52 bits per heavy atom. The fraction of sp³-hybridized carbons (Fsp3) is 0.0526. The van der Waals surface area contributed by atoms with Crippen molar-refractivity contribution in [3.63, 3.8) is 0 Å². The highest BCUT2D eigenvalue weighted by Crippen LogP contribution is 2.03. The zero-order valence-corrected chi connectivity index (χ0v) is 12.8. The maximum absolute atomic E-state index is 12.2. The molecule has 0 fully saturated rings. The van der Waals surface area contributed by atoms with Crippen LogP contribution in [-0.4, -0.2) is 18.9 Å². The first-order valence-electron chi connectivity index (χ1n) is 7.22. The van der Waals surface area contributed by atoms with Crippen LogP contribution in [0.2, 0.25) is 0 Å². The van der Waals surface area contributed by atoms with E-state index in [9.17, 15) is 9.59 Å². The summed E-state index contributed by atoms with van der Waals surface area (Å²) in [7, 11) is 1.52. The van der Waals surface area contributed by atoms with E-state index in [4.69, 9.17) is 0 Å². The first-order valence-corrected chi connectivity index (χ1v) is 7.22. The minimum Gasteiger partial charge on any atom is -0.354 e. The van der Waals surface area contributed by atoms with Gasteiger partial charge in [0.05, 0.1) is 0 Å². The summed E-state index contributed by atoms with van der Waals surface area (Å²) in [5.41, 5.74) is 1.69. The van der Waals surface area contributed by atoms with Gasteiger partial charge in [-0.15, -0.1) is 0 Å². The lowest BCUT2D eigenvalue weighted by molar-refractivity contribution is -0.117. The molecule has 0 atom stereocenters. The Labute approximate surface area is 135 Å². The molecule has 2 N–H and O–H groups in total. The topological polar surface area (TPSA) is 58.2 Å². The van der Waals surface area contributed by atoms with Crippen LogP contribution in [0.15, 0.2) is 78.5 Å². The fourth-order valence-corrected chi connectivity index (χ4v) is 1.91. The number of carbonyl (C=O) groups excluding carboxylic acids is 2. The molecule has 116 valence electrons. The normalized spacial score (nSPS) is 11.3. The van der Waals surface area contributed by atoms with Gasteiger partial charge in [0.1, 0.15) is 5.70 Å². The largest absolute Gasteiger partial charge is 0.354 e. The highest BCUT2D eigenvalue weighted by Gasteiger charge is 2.11. The van der Waals surface area contributed by atoms with Gasteiger partial charge in [-0.1, -0.05) is 60.7 Å². The van der Waals surface area contributed by atoms with E-state index >= 15 is 0 Å². The highest BCUT2D eigenvalue weighted by atomic mass is 16.2. The summed E-state index contributed by atoms with van der Waals surface area (Å²) in [6.45, 7) is 0. The first kappa shape index (κ1) is 16.2. The van der Waals surface area contributed by atoms with E-state index in [0.717, 1.165) is 5.56 Å². The van der Waals surface area contributed by atoms with Crippen molar-refractivity contribution in [3.8, 4) is 0 Å². The molecule has 0 radical (unpaired) electrons. The SMILES string of the molecule is CNC(=O)/C(=C\C=C\c1ccccc1)NC(=O)c1ccccc1. The van der Waals surface area contributed by atoms with Crippen LogP contribution < -0.4 is 10.6 Å². The van der Waals surface area contributed by atoms with Crippen LogP contribution in [0, 0.1) is 0 Å². The molecule has 0 spiro atoms. The monoisotopic (exact) mass is 306 g/mol. The second kappa shape index (κ2) is 8.34. The van der Waals surface area contributed by atoms with Gasteiger partial charge < -0.3 is 10.6 Å². The van der Waals surface area contributed by atoms with Gasteiger partial charge in [0.15, 0.2) is 0 Å². The van der Waals surface area contributed by atoms with Crippen LogP contribution in [0.1, 0.15) is 15.9 Å². The van der Waals surface area contributed by atoms with Crippen LogP contribution in [0.3, 0.4) is 0 Å². The summed E-state index contributed by atoms with van der Waals surface area (Å²) < 4.78 is 0. The van der Waals surface area contributed by atoms with Crippen LogP contribution in [0.25, 0.3) is 6.08 Å². The predicted octanol–water partition coefficient (Wildman–Crippen LogP) is 2.76. The van der Waals surface area contributed by atoms with Crippen molar-refractivity contribution in [1.29, 1.82) is 0 Å². The van der Waals surface area contributed by atoms with Crippen molar-refractivity contribution in [3.05, 3.63) is 89.6 Å². The van der Waals surface area contributed by atoms with Gasteiger partial charge in [-0.05, 0) is 23.8 Å². The standard InChI is InChI=1S/C19H18N2O2/c1-20-19(23)17(14-8-11-15-9-4-2-5-10-15)21-18(22)16-12-6-3-7-13-16/h2-14H,1H3,(H,20,23)(H,21,22)/b11-8+,17-14+. The lowest BCUT2D eigenvalue weighted by Gasteiger charge is -2.08. The minimum atomic E-state index is -0.355. The Hall–Kier alpha value is -3.14. The quantitative estimate of drug-likeness (QED) is 0.659. The Morgan fingerprint density at radius 1 is 0.913 bits per heavy atom. The third kappa shape index (κ3) is 4.97. The van der Waals surface area contributed by atoms with Crippen molar-refractivity contribution < 1.29 is 9.59 Å². The molecule has 2 amide bonds. The van der Waals surface area contributed by atoms with Crippen molar-refractivity contribution in [2.45, 2.75) is 0 Å². The summed E-state index contributed by atoms with van der Waals surface area (Å²) in [6, 6.07) is 18.5. The van der Waals surface area contributed by atoms with Crippen molar-refractivity contribution in [1.82, 2.24) is 10.6 Å². The summed E-state index contributed by atoms with van der Waals surface area (Å²) in [4.78, 5) is 24.0.